The Morgan fingerprint density at radius 2 is 2.07 bits per heavy atom. The lowest BCUT2D eigenvalue weighted by Gasteiger charge is -2.04. The third-order valence-corrected chi connectivity index (χ3v) is 5.08. The minimum atomic E-state index is -0.216. The number of benzene rings is 1. The van der Waals surface area contributed by atoms with Crippen LogP contribution in [0.2, 0.25) is 0 Å². The van der Waals surface area contributed by atoms with E-state index < -0.39 is 0 Å². The monoisotopic (exact) mass is 422 g/mol. The largest absolute Gasteiger partial charge is 0.497 e. The van der Waals surface area contributed by atoms with Gasteiger partial charge in [0, 0.05) is 11.8 Å². The maximum absolute atomic E-state index is 12.1. The number of rotatable bonds is 7. The lowest BCUT2D eigenvalue weighted by atomic mass is 10.1. The average Bonchev–Trinajstić information content (AvgIpc) is 3.40. The zero-order valence-electron chi connectivity index (χ0n) is 15.9. The van der Waals surface area contributed by atoms with Gasteiger partial charge in [0.15, 0.2) is 0 Å². The molecule has 0 fully saturated rings. The van der Waals surface area contributed by atoms with Crippen LogP contribution in [0.4, 0.5) is 5.82 Å². The van der Waals surface area contributed by atoms with Crippen molar-refractivity contribution in [2.45, 2.75) is 5.16 Å². The minimum absolute atomic E-state index is 0.117. The first kappa shape index (κ1) is 19.5. The Balaban J connectivity index is 1.43. The first-order chi connectivity index (χ1) is 14.6. The maximum Gasteiger partial charge on any atom is 0.236 e. The van der Waals surface area contributed by atoms with Gasteiger partial charge in [-0.2, -0.15) is 5.10 Å². The number of nitrogens with zero attached hydrogens (tertiary/aromatic N) is 5. The van der Waals surface area contributed by atoms with Crippen LogP contribution < -0.4 is 15.9 Å². The van der Waals surface area contributed by atoms with Crippen LogP contribution in [0.1, 0.15) is 0 Å². The summed E-state index contributed by atoms with van der Waals surface area (Å²) >= 11 is 1.17. The van der Waals surface area contributed by atoms with Crippen LogP contribution in [0.5, 0.6) is 5.75 Å². The third kappa shape index (κ3) is 4.25. The Bertz CT molecular complexity index is 1140. The summed E-state index contributed by atoms with van der Waals surface area (Å²) in [6.45, 7) is 0. The van der Waals surface area contributed by atoms with Crippen LogP contribution in [-0.2, 0) is 4.79 Å². The first-order valence-corrected chi connectivity index (χ1v) is 9.87. The number of pyridine rings is 1. The van der Waals surface area contributed by atoms with Crippen molar-refractivity contribution in [1.82, 2.24) is 30.1 Å². The molecule has 1 amide bonds. The summed E-state index contributed by atoms with van der Waals surface area (Å²) in [7, 11) is 1.62. The number of carbonyl (C=O) groups excluding carboxylic acids is 1. The van der Waals surface area contributed by atoms with Crippen molar-refractivity contribution < 1.29 is 9.53 Å². The Morgan fingerprint density at radius 3 is 2.80 bits per heavy atom. The Morgan fingerprint density at radius 1 is 1.23 bits per heavy atom. The van der Waals surface area contributed by atoms with Crippen LogP contribution in [-0.4, -0.2) is 48.8 Å². The highest BCUT2D eigenvalue weighted by molar-refractivity contribution is 7.99. The van der Waals surface area contributed by atoms with Crippen molar-refractivity contribution in [1.29, 1.82) is 0 Å². The summed E-state index contributed by atoms with van der Waals surface area (Å²) in [5.41, 5.74) is 2.27. The van der Waals surface area contributed by atoms with E-state index in [-0.39, 0.29) is 11.7 Å². The van der Waals surface area contributed by atoms with Gasteiger partial charge >= 0.3 is 0 Å². The molecule has 10 nitrogen and oxygen atoms in total. The number of anilines is 1. The topological polar surface area (TPSA) is 137 Å². The number of nitrogen functional groups attached to an aromatic ring is 1. The summed E-state index contributed by atoms with van der Waals surface area (Å²) < 4.78 is 6.49. The molecule has 0 saturated carbocycles. The fraction of sp³-hybridized carbons (Fsp3) is 0.105. The molecule has 3 aromatic heterocycles. The van der Waals surface area contributed by atoms with Gasteiger partial charge in [0.05, 0.1) is 18.6 Å². The molecular formula is C19H18N8O2S. The van der Waals surface area contributed by atoms with Gasteiger partial charge in [-0.3, -0.25) is 9.89 Å². The van der Waals surface area contributed by atoms with Gasteiger partial charge in [-0.05, 0) is 42.5 Å². The smallest absolute Gasteiger partial charge is 0.236 e. The molecule has 4 aromatic rings. The highest BCUT2D eigenvalue weighted by Gasteiger charge is 2.16. The van der Waals surface area contributed by atoms with Gasteiger partial charge in [-0.15, -0.1) is 10.2 Å². The molecule has 4 N–H and O–H groups in total. The van der Waals surface area contributed by atoms with Gasteiger partial charge in [-0.25, -0.2) is 9.66 Å². The number of nitrogens with one attached hydrogen (secondary N) is 2. The Hall–Kier alpha value is -3.86. The predicted octanol–water partition coefficient (Wildman–Crippen LogP) is 2.18. The van der Waals surface area contributed by atoms with Gasteiger partial charge in [-0.1, -0.05) is 17.8 Å². The van der Waals surface area contributed by atoms with E-state index in [1.54, 1.807) is 31.5 Å². The van der Waals surface area contributed by atoms with E-state index in [4.69, 9.17) is 10.6 Å². The summed E-state index contributed by atoms with van der Waals surface area (Å²) in [5.74, 6) is 7.69. The second-order valence-corrected chi connectivity index (χ2v) is 7.07. The number of carbonyl (C=O) groups is 1. The van der Waals surface area contributed by atoms with Crippen molar-refractivity contribution >= 4 is 23.5 Å². The molecular weight excluding hydrogens is 404 g/mol. The first-order valence-electron chi connectivity index (χ1n) is 8.88. The van der Waals surface area contributed by atoms with E-state index in [1.807, 2.05) is 30.3 Å². The zero-order valence-corrected chi connectivity index (χ0v) is 16.8. The van der Waals surface area contributed by atoms with E-state index >= 15 is 0 Å². The summed E-state index contributed by atoms with van der Waals surface area (Å²) in [6, 6.07) is 14.7. The number of thioether (sulfide) groups is 1. The van der Waals surface area contributed by atoms with Crippen molar-refractivity contribution in [2.75, 3.05) is 24.0 Å². The number of hydrogen-bond donors (Lipinski definition) is 3. The van der Waals surface area contributed by atoms with Crippen LogP contribution >= 0.6 is 11.8 Å². The second-order valence-electron chi connectivity index (χ2n) is 6.12. The van der Waals surface area contributed by atoms with Gasteiger partial charge < -0.3 is 15.9 Å². The van der Waals surface area contributed by atoms with Crippen molar-refractivity contribution in [2.24, 2.45) is 0 Å². The quantitative estimate of drug-likeness (QED) is 0.304. The molecule has 4 rings (SSSR count). The van der Waals surface area contributed by atoms with E-state index in [1.165, 1.54) is 16.4 Å². The van der Waals surface area contributed by atoms with Crippen LogP contribution in [0.3, 0.4) is 0 Å². The summed E-state index contributed by atoms with van der Waals surface area (Å²) in [6.07, 6.45) is 1.61. The highest BCUT2D eigenvalue weighted by atomic mass is 32.2. The summed E-state index contributed by atoms with van der Waals surface area (Å²) in [5, 5.41) is 18.5. The highest BCUT2D eigenvalue weighted by Crippen LogP contribution is 2.25. The second kappa shape index (κ2) is 8.66. The van der Waals surface area contributed by atoms with Gasteiger partial charge in [0.2, 0.25) is 16.9 Å². The lowest BCUT2D eigenvalue weighted by molar-refractivity contribution is -0.113. The normalized spacial score (nSPS) is 10.7. The number of aromatic nitrogens is 6. The number of ether oxygens (including phenoxy) is 1. The molecule has 0 saturated heterocycles. The van der Waals surface area contributed by atoms with Crippen molar-refractivity contribution in [3.63, 3.8) is 0 Å². The minimum Gasteiger partial charge on any atom is -0.497 e. The molecule has 0 aliphatic heterocycles. The third-order valence-electron chi connectivity index (χ3n) is 4.13. The molecule has 0 unspecified atom stereocenters. The Kier molecular flexibility index (Phi) is 5.61. The fourth-order valence-electron chi connectivity index (χ4n) is 2.65. The molecule has 1 aromatic carbocycles. The zero-order chi connectivity index (χ0) is 20.9. The standard InChI is InChI=1S/C19H18N8O2S/c1-29-13-7-5-12(6-8-13)14-10-15(24-23-14)18-25-26-19(27(18)20)30-11-17(28)22-16-4-2-3-9-21-16/h2-10H,11,20H2,1H3,(H,23,24)(H,21,22,28). The molecule has 0 aliphatic rings. The molecule has 30 heavy (non-hydrogen) atoms. The number of methoxy groups -OCH3 is 1. The van der Waals surface area contributed by atoms with Crippen molar-refractivity contribution in [3.05, 3.63) is 54.7 Å². The maximum atomic E-state index is 12.1. The molecule has 0 radical (unpaired) electrons. The molecule has 152 valence electrons. The lowest BCUT2D eigenvalue weighted by Crippen LogP contribution is -2.17. The predicted molar refractivity (Wildman–Crippen MR) is 113 cm³/mol. The fourth-order valence-corrected chi connectivity index (χ4v) is 3.31. The number of nitrogens with two attached hydrogens (primary N) is 1. The van der Waals surface area contributed by atoms with Crippen molar-refractivity contribution in [3.8, 4) is 28.5 Å². The van der Waals surface area contributed by atoms with Crippen LogP contribution in [0, 0.1) is 0 Å². The molecule has 3 heterocycles. The van der Waals surface area contributed by atoms with E-state index in [0.29, 0.717) is 22.5 Å². The Labute approximate surface area is 175 Å². The van der Waals surface area contributed by atoms with E-state index in [9.17, 15) is 4.79 Å². The van der Waals surface area contributed by atoms with Gasteiger partial charge in [0.25, 0.3) is 0 Å². The van der Waals surface area contributed by atoms with E-state index in [2.05, 4.69) is 30.7 Å². The van der Waals surface area contributed by atoms with Gasteiger partial charge in [0.1, 0.15) is 17.3 Å². The molecule has 0 bridgehead atoms. The number of H-pyrrole nitrogens is 1. The van der Waals surface area contributed by atoms with Crippen LogP contribution in [0.25, 0.3) is 22.8 Å². The van der Waals surface area contributed by atoms with Crippen LogP contribution in [0.15, 0.2) is 59.9 Å². The van der Waals surface area contributed by atoms with E-state index in [0.717, 1.165) is 17.0 Å². The average molecular weight is 422 g/mol. The number of hydrogen-bond acceptors (Lipinski definition) is 8. The molecule has 0 spiro atoms. The number of amides is 1. The SMILES string of the molecule is COc1ccc(-c2cc(-c3nnc(SCC(=O)Nc4ccccn4)n3N)[nH]n2)cc1. The molecule has 0 aliphatic carbocycles. The number of aromatic amines is 1. The summed E-state index contributed by atoms with van der Waals surface area (Å²) in [4.78, 5) is 16.1. The molecule has 0 atom stereocenters. The molecule has 11 heteroatoms.